The van der Waals surface area contributed by atoms with E-state index in [-0.39, 0.29) is 6.10 Å². The van der Waals surface area contributed by atoms with Gasteiger partial charge in [0.25, 0.3) is 0 Å². The largest absolute Gasteiger partial charge is 0.486 e. The first-order valence-corrected chi connectivity index (χ1v) is 6.35. The number of ether oxygens (including phenoxy) is 2. The highest BCUT2D eigenvalue weighted by molar-refractivity contribution is 5.79. The number of aliphatic imine (C=N–C) groups is 1. The third-order valence-corrected chi connectivity index (χ3v) is 2.80. The zero-order valence-corrected chi connectivity index (χ0v) is 12.0. The van der Waals surface area contributed by atoms with Crippen molar-refractivity contribution in [1.82, 2.24) is 9.80 Å². The Hall–Kier alpha value is -1.91. The average molecular weight is 263 g/mol. The van der Waals surface area contributed by atoms with Crippen molar-refractivity contribution in [1.29, 1.82) is 0 Å². The Labute approximate surface area is 114 Å². The summed E-state index contributed by atoms with van der Waals surface area (Å²) in [6, 6.07) is 7.72. The van der Waals surface area contributed by atoms with Gasteiger partial charge in [0, 0.05) is 28.2 Å². The highest BCUT2D eigenvalue weighted by Gasteiger charge is 2.20. The van der Waals surface area contributed by atoms with Crippen LogP contribution in [0.4, 0.5) is 0 Å². The van der Waals surface area contributed by atoms with Gasteiger partial charge in [-0.25, -0.2) is 4.99 Å². The monoisotopic (exact) mass is 263 g/mol. The molecule has 0 aliphatic carbocycles. The first-order chi connectivity index (χ1) is 9.08. The fourth-order valence-electron chi connectivity index (χ4n) is 2.02. The number of rotatable bonds is 2. The highest BCUT2D eigenvalue weighted by atomic mass is 16.6. The van der Waals surface area contributed by atoms with E-state index in [1.165, 1.54) is 0 Å². The van der Waals surface area contributed by atoms with Crippen LogP contribution in [0.3, 0.4) is 0 Å². The van der Waals surface area contributed by atoms with Crippen LogP contribution in [0.15, 0.2) is 29.3 Å². The molecule has 0 saturated heterocycles. The van der Waals surface area contributed by atoms with Crippen LogP contribution in [0.5, 0.6) is 11.5 Å². The quantitative estimate of drug-likeness (QED) is 0.595. The lowest BCUT2D eigenvalue weighted by Crippen LogP contribution is -2.38. The van der Waals surface area contributed by atoms with E-state index in [0.717, 1.165) is 17.5 Å². The van der Waals surface area contributed by atoms with Crippen molar-refractivity contribution in [2.45, 2.75) is 6.10 Å². The molecule has 0 aromatic heterocycles. The molecule has 1 aliphatic rings. The van der Waals surface area contributed by atoms with Crippen LogP contribution in [0.25, 0.3) is 0 Å². The molecule has 0 radical (unpaired) electrons. The second kappa shape index (κ2) is 5.82. The Morgan fingerprint density at radius 1 is 1.16 bits per heavy atom. The van der Waals surface area contributed by atoms with Crippen molar-refractivity contribution >= 4 is 5.96 Å². The predicted octanol–water partition coefficient (Wildman–Crippen LogP) is 1.31. The van der Waals surface area contributed by atoms with Crippen molar-refractivity contribution in [3.05, 3.63) is 24.3 Å². The van der Waals surface area contributed by atoms with Crippen LogP contribution in [-0.4, -0.2) is 63.2 Å². The standard InChI is InChI=1S/C14H21N3O2/c1-16(2)14(17(3)4)15-9-11-10-18-12-7-5-6-8-13(12)19-11/h5-8,11H,9-10H2,1-4H3. The lowest BCUT2D eigenvalue weighted by Gasteiger charge is -2.27. The van der Waals surface area contributed by atoms with Crippen molar-refractivity contribution < 1.29 is 9.47 Å². The first kappa shape index (κ1) is 13.5. The van der Waals surface area contributed by atoms with Gasteiger partial charge in [-0.15, -0.1) is 0 Å². The molecule has 1 aromatic rings. The Morgan fingerprint density at radius 3 is 2.42 bits per heavy atom. The predicted molar refractivity (Wildman–Crippen MR) is 76.0 cm³/mol. The van der Waals surface area contributed by atoms with Crippen LogP contribution < -0.4 is 9.47 Å². The van der Waals surface area contributed by atoms with E-state index in [9.17, 15) is 0 Å². The third kappa shape index (κ3) is 3.30. The van der Waals surface area contributed by atoms with Gasteiger partial charge in [-0.05, 0) is 12.1 Å². The molecular formula is C14H21N3O2. The number of benzene rings is 1. The Morgan fingerprint density at radius 2 is 1.79 bits per heavy atom. The average Bonchev–Trinajstić information content (AvgIpc) is 2.38. The van der Waals surface area contributed by atoms with Crippen LogP contribution in [0.2, 0.25) is 0 Å². The molecule has 1 aromatic carbocycles. The van der Waals surface area contributed by atoms with Gasteiger partial charge in [0.1, 0.15) is 6.61 Å². The second-order valence-corrected chi connectivity index (χ2v) is 4.93. The fraction of sp³-hybridized carbons (Fsp3) is 0.500. The van der Waals surface area contributed by atoms with E-state index in [0.29, 0.717) is 13.2 Å². The summed E-state index contributed by atoms with van der Waals surface area (Å²) >= 11 is 0. The lowest BCUT2D eigenvalue weighted by molar-refractivity contribution is 0.0968. The molecule has 5 heteroatoms. The molecule has 2 rings (SSSR count). The van der Waals surface area contributed by atoms with Crippen molar-refractivity contribution in [2.24, 2.45) is 4.99 Å². The van der Waals surface area contributed by atoms with Gasteiger partial charge in [0.05, 0.1) is 6.54 Å². The molecule has 0 spiro atoms. The number of para-hydroxylation sites is 2. The molecule has 0 amide bonds. The third-order valence-electron chi connectivity index (χ3n) is 2.80. The maximum atomic E-state index is 5.87. The van der Waals surface area contributed by atoms with Crippen LogP contribution in [0, 0.1) is 0 Å². The maximum Gasteiger partial charge on any atom is 0.195 e. The summed E-state index contributed by atoms with van der Waals surface area (Å²) in [5, 5.41) is 0. The van der Waals surface area contributed by atoms with Gasteiger partial charge in [0.2, 0.25) is 0 Å². The summed E-state index contributed by atoms with van der Waals surface area (Å²) in [6.45, 7) is 1.12. The normalized spacial score (nSPS) is 16.7. The topological polar surface area (TPSA) is 37.3 Å². The van der Waals surface area contributed by atoms with Crippen LogP contribution in [-0.2, 0) is 0 Å². The van der Waals surface area contributed by atoms with Gasteiger partial charge in [-0.2, -0.15) is 0 Å². The molecule has 0 bridgehead atoms. The zero-order chi connectivity index (χ0) is 13.8. The molecule has 0 saturated carbocycles. The summed E-state index contributed by atoms with van der Waals surface area (Å²) < 4.78 is 11.5. The minimum absolute atomic E-state index is 0.0372. The SMILES string of the molecule is CN(C)C(=NCC1COc2ccccc2O1)N(C)C. The lowest BCUT2D eigenvalue weighted by atomic mass is 10.2. The summed E-state index contributed by atoms with van der Waals surface area (Å²) in [7, 11) is 7.91. The molecule has 0 N–H and O–H groups in total. The Balaban J connectivity index is 2.00. The van der Waals surface area contributed by atoms with E-state index in [1.54, 1.807) is 0 Å². The Kier molecular flexibility index (Phi) is 4.14. The summed E-state index contributed by atoms with van der Waals surface area (Å²) in [4.78, 5) is 8.55. The minimum atomic E-state index is -0.0372. The second-order valence-electron chi connectivity index (χ2n) is 4.93. The van der Waals surface area contributed by atoms with E-state index >= 15 is 0 Å². The molecular weight excluding hydrogens is 242 g/mol. The zero-order valence-electron chi connectivity index (χ0n) is 12.0. The number of guanidine groups is 1. The van der Waals surface area contributed by atoms with Gasteiger partial charge < -0.3 is 19.3 Å². The molecule has 1 unspecified atom stereocenters. The summed E-state index contributed by atoms with van der Waals surface area (Å²) in [5.74, 6) is 2.52. The molecule has 19 heavy (non-hydrogen) atoms. The first-order valence-electron chi connectivity index (χ1n) is 6.35. The van der Waals surface area contributed by atoms with Gasteiger partial charge in [-0.3, -0.25) is 0 Å². The Bertz CT molecular complexity index is 448. The molecule has 0 fully saturated rings. The summed E-state index contributed by atoms with van der Waals surface area (Å²) in [5.41, 5.74) is 0. The van der Waals surface area contributed by atoms with Crippen LogP contribution >= 0.6 is 0 Å². The molecule has 1 atom stereocenters. The van der Waals surface area contributed by atoms with Crippen LogP contribution in [0.1, 0.15) is 0 Å². The smallest absolute Gasteiger partial charge is 0.195 e. The molecule has 5 nitrogen and oxygen atoms in total. The number of nitrogens with zero attached hydrogens (tertiary/aromatic N) is 3. The number of hydrogen-bond donors (Lipinski definition) is 0. The number of hydrogen-bond acceptors (Lipinski definition) is 3. The van der Waals surface area contributed by atoms with Crippen molar-refractivity contribution in [2.75, 3.05) is 41.3 Å². The highest BCUT2D eigenvalue weighted by Crippen LogP contribution is 2.30. The van der Waals surface area contributed by atoms with E-state index in [1.807, 2.05) is 62.3 Å². The molecule has 1 heterocycles. The maximum absolute atomic E-state index is 5.87. The van der Waals surface area contributed by atoms with Gasteiger partial charge >= 0.3 is 0 Å². The van der Waals surface area contributed by atoms with E-state index in [4.69, 9.17) is 9.47 Å². The van der Waals surface area contributed by atoms with E-state index < -0.39 is 0 Å². The fourth-order valence-corrected chi connectivity index (χ4v) is 2.02. The summed E-state index contributed by atoms with van der Waals surface area (Å²) in [6.07, 6.45) is -0.0372. The van der Waals surface area contributed by atoms with Gasteiger partial charge in [-0.1, -0.05) is 12.1 Å². The van der Waals surface area contributed by atoms with E-state index in [2.05, 4.69) is 4.99 Å². The number of fused-ring (bicyclic) bond motifs is 1. The molecule has 104 valence electrons. The van der Waals surface area contributed by atoms with Crippen molar-refractivity contribution in [3.63, 3.8) is 0 Å². The molecule has 1 aliphatic heterocycles. The van der Waals surface area contributed by atoms with Gasteiger partial charge in [0.15, 0.2) is 23.6 Å². The minimum Gasteiger partial charge on any atom is -0.486 e. The van der Waals surface area contributed by atoms with Crippen molar-refractivity contribution in [3.8, 4) is 11.5 Å².